The number of esters is 1. The SMILES string of the molecule is COc1cc2c(=O)c(-c3ccc(O)cc3)coc2cc1OC(C)=O. The van der Waals surface area contributed by atoms with Gasteiger partial charge in [-0.1, -0.05) is 12.1 Å². The number of hydrogen-bond donors (Lipinski definition) is 1. The standard InChI is InChI=1S/C18H14O6/c1-10(19)24-17-8-15-13(7-16(17)22-2)18(21)14(9-23-15)11-3-5-12(20)6-4-11/h3-9,20H,1-2H3. The molecule has 6 nitrogen and oxygen atoms in total. The second kappa shape index (κ2) is 6.08. The Hall–Kier alpha value is -3.28. The summed E-state index contributed by atoms with van der Waals surface area (Å²) in [5.74, 6) is 0.0400. The summed E-state index contributed by atoms with van der Waals surface area (Å²) in [4.78, 5) is 23.9. The van der Waals surface area contributed by atoms with Crippen LogP contribution in [0, 0.1) is 0 Å². The van der Waals surface area contributed by atoms with Crippen molar-refractivity contribution in [1.29, 1.82) is 0 Å². The zero-order chi connectivity index (χ0) is 17.3. The highest BCUT2D eigenvalue weighted by molar-refractivity contribution is 5.85. The van der Waals surface area contributed by atoms with E-state index in [1.807, 2.05) is 0 Å². The Morgan fingerprint density at radius 2 is 1.83 bits per heavy atom. The van der Waals surface area contributed by atoms with Gasteiger partial charge in [-0.3, -0.25) is 9.59 Å². The van der Waals surface area contributed by atoms with Crippen LogP contribution in [-0.4, -0.2) is 18.2 Å². The second-order valence-corrected chi connectivity index (χ2v) is 5.12. The Balaban J connectivity index is 2.20. The molecule has 0 radical (unpaired) electrons. The molecule has 0 unspecified atom stereocenters. The Kier molecular flexibility index (Phi) is 3.95. The number of carbonyl (C=O) groups excluding carboxylic acids is 1. The molecule has 3 rings (SSSR count). The summed E-state index contributed by atoms with van der Waals surface area (Å²) in [6.07, 6.45) is 1.33. The van der Waals surface area contributed by atoms with Crippen molar-refractivity contribution in [2.45, 2.75) is 6.92 Å². The molecule has 1 heterocycles. The van der Waals surface area contributed by atoms with Crippen molar-refractivity contribution in [2.24, 2.45) is 0 Å². The van der Waals surface area contributed by atoms with Gasteiger partial charge < -0.3 is 19.0 Å². The Morgan fingerprint density at radius 3 is 2.46 bits per heavy atom. The molecule has 24 heavy (non-hydrogen) atoms. The van der Waals surface area contributed by atoms with Gasteiger partial charge in [0.1, 0.15) is 17.6 Å². The van der Waals surface area contributed by atoms with Crippen LogP contribution in [0.4, 0.5) is 0 Å². The molecule has 3 aromatic rings. The lowest BCUT2D eigenvalue weighted by molar-refractivity contribution is -0.132. The van der Waals surface area contributed by atoms with E-state index in [1.54, 1.807) is 12.1 Å². The highest BCUT2D eigenvalue weighted by Gasteiger charge is 2.15. The van der Waals surface area contributed by atoms with Gasteiger partial charge in [0.2, 0.25) is 5.43 Å². The Bertz CT molecular complexity index is 969. The van der Waals surface area contributed by atoms with Crippen LogP contribution in [0.15, 0.2) is 51.9 Å². The predicted molar refractivity (Wildman–Crippen MR) is 87.4 cm³/mol. The number of carbonyl (C=O) groups is 1. The lowest BCUT2D eigenvalue weighted by Gasteiger charge is -2.09. The third-order valence-electron chi connectivity index (χ3n) is 3.49. The minimum Gasteiger partial charge on any atom is -0.508 e. The van der Waals surface area contributed by atoms with Crippen LogP contribution in [0.25, 0.3) is 22.1 Å². The van der Waals surface area contributed by atoms with E-state index in [2.05, 4.69) is 0 Å². The fourth-order valence-electron chi connectivity index (χ4n) is 2.37. The molecule has 2 aromatic carbocycles. The summed E-state index contributed by atoms with van der Waals surface area (Å²) in [5.41, 5.74) is 0.991. The molecular weight excluding hydrogens is 312 g/mol. The van der Waals surface area contributed by atoms with E-state index in [4.69, 9.17) is 13.9 Å². The maximum atomic E-state index is 12.7. The highest BCUT2D eigenvalue weighted by atomic mass is 16.6. The molecule has 1 aromatic heterocycles. The van der Waals surface area contributed by atoms with E-state index in [0.29, 0.717) is 16.5 Å². The molecule has 0 fully saturated rings. The zero-order valence-corrected chi connectivity index (χ0v) is 13.0. The van der Waals surface area contributed by atoms with Crippen LogP contribution < -0.4 is 14.9 Å². The van der Waals surface area contributed by atoms with Crippen molar-refractivity contribution in [2.75, 3.05) is 7.11 Å². The zero-order valence-electron chi connectivity index (χ0n) is 13.0. The molecule has 122 valence electrons. The van der Waals surface area contributed by atoms with Crippen molar-refractivity contribution in [3.8, 4) is 28.4 Å². The smallest absolute Gasteiger partial charge is 0.308 e. The molecular formula is C18H14O6. The van der Waals surface area contributed by atoms with Crippen LogP contribution in [-0.2, 0) is 4.79 Å². The molecule has 0 saturated heterocycles. The lowest BCUT2D eigenvalue weighted by atomic mass is 10.1. The first-order valence-corrected chi connectivity index (χ1v) is 7.11. The molecule has 0 saturated carbocycles. The van der Waals surface area contributed by atoms with E-state index in [1.165, 1.54) is 44.6 Å². The molecule has 6 heteroatoms. The maximum absolute atomic E-state index is 12.7. The fourth-order valence-corrected chi connectivity index (χ4v) is 2.37. The number of aromatic hydroxyl groups is 1. The minimum absolute atomic E-state index is 0.108. The fraction of sp³-hybridized carbons (Fsp3) is 0.111. The lowest BCUT2D eigenvalue weighted by Crippen LogP contribution is -2.07. The number of rotatable bonds is 3. The third-order valence-corrected chi connectivity index (χ3v) is 3.49. The van der Waals surface area contributed by atoms with Crippen molar-refractivity contribution < 1.29 is 23.8 Å². The number of ether oxygens (including phenoxy) is 2. The maximum Gasteiger partial charge on any atom is 0.308 e. The van der Waals surface area contributed by atoms with Crippen LogP contribution in [0.2, 0.25) is 0 Å². The predicted octanol–water partition coefficient (Wildman–Crippen LogP) is 3.10. The van der Waals surface area contributed by atoms with Gasteiger partial charge in [0.25, 0.3) is 0 Å². The van der Waals surface area contributed by atoms with Gasteiger partial charge in [-0.05, 0) is 23.8 Å². The molecule has 0 atom stereocenters. The second-order valence-electron chi connectivity index (χ2n) is 5.12. The van der Waals surface area contributed by atoms with Crippen molar-refractivity contribution in [3.05, 3.63) is 52.9 Å². The number of benzene rings is 2. The first-order valence-electron chi connectivity index (χ1n) is 7.11. The van der Waals surface area contributed by atoms with Crippen LogP contribution in [0.1, 0.15) is 6.92 Å². The number of methoxy groups -OCH3 is 1. The molecule has 0 spiro atoms. The van der Waals surface area contributed by atoms with Gasteiger partial charge in [-0.25, -0.2) is 0 Å². The van der Waals surface area contributed by atoms with Gasteiger partial charge in [0, 0.05) is 13.0 Å². The minimum atomic E-state index is -0.504. The normalized spacial score (nSPS) is 10.6. The molecule has 0 amide bonds. The van der Waals surface area contributed by atoms with Crippen LogP contribution >= 0.6 is 0 Å². The van der Waals surface area contributed by atoms with E-state index < -0.39 is 5.97 Å². The summed E-state index contributed by atoms with van der Waals surface area (Å²) >= 11 is 0. The summed E-state index contributed by atoms with van der Waals surface area (Å²) < 4.78 is 15.8. The molecule has 0 aliphatic heterocycles. The van der Waals surface area contributed by atoms with Gasteiger partial charge in [0.15, 0.2) is 11.5 Å². The topological polar surface area (TPSA) is 86.0 Å². The summed E-state index contributed by atoms with van der Waals surface area (Å²) in [5, 5.41) is 9.66. The first-order chi connectivity index (χ1) is 11.5. The quantitative estimate of drug-likeness (QED) is 0.588. The third kappa shape index (κ3) is 2.81. The monoisotopic (exact) mass is 326 g/mol. The number of hydrogen-bond acceptors (Lipinski definition) is 6. The van der Waals surface area contributed by atoms with Gasteiger partial charge in [-0.15, -0.1) is 0 Å². The van der Waals surface area contributed by atoms with Crippen LogP contribution in [0.3, 0.4) is 0 Å². The average molecular weight is 326 g/mol. The summed E-state index contributed by atoms with van der Waals surface area (Å²) in [6.45, 7) is 1.27. The molecule has 0 aliphatic rings. The van der Waals surface area contributed by atoms with E-state index >= 15 is 0 Å². The number of phenolic OH excluding ortho intramolecular Hbond substituents is 1. The number of phenols is 1. The van der Waals surface area contributed by atoms with Gasteiger partial charge in [0.05, 0.1) is 18.1 Å². The molecule has 1 N–H and O–H groups in total. The Morgan fingerprint density at radius 1 is 1.12 bits per heavy atom. The summed E-state index contributed by atoms with van der Waals surface area (Å²) in [6, 6.07) is 9.14. The summed E-state index contributed by atoms with van der Waals surface area (Å²) in [7, 11) is 1.42. The van der Waals surface area contributed by atoms with E-state index in [0.717, 1.165) is 0 Å². The van der Waals surface area contributed by atoms with E-state index in [9.17, 15) is 14.7 Å². The number of fused-ring (bicyclic) bond motifs is 1. The molecule has 0 aliphatic carbocycles. The van der Waals surface area contributed by atoms with Crippen molar-refractivity contribution >= 4 is 16.9 Å². The first kappa shape index (κ1) is 15.6. The van der Waals surface area contributed by atoms with Gasteiger partial charge >= 0.3 is 5.97 Å². The van der Waals surface area contributed by atoms with Crippen LogP contribution in [0.5, 0.6) is 17.2 Å². The molecule has 0 bridgehead atoms. The highest BCUT2D eigenvalue weighted by Crippen LogP contribution is 2.32. The van der Waals surface area contributed by atoms with Crippen molar-refractivity contribution in [1.82, 2.24) is 0 Å². The Labute approximate surface area is 136 Å². The average Bonchev–Trinajstić information content (AvgIpc) is 2.55. The van der Waals surface area contributed by atoms with Crippen molar-refractivity contribution in [3.63, 3.8) is 0 Å². The van der Waals surface area contributed by atoms with Gasteiger partial charge in [-0.2, -0.15) is 0 Å². The van der Waals surface area contributed by atoms with E-state index in [-0.39, 0.29) is 28.3 Å². The largest absolute Gasteiger partial charge is 0.508 e.